The van der Waals surface area contributed by atoms with Crippen LogP contribution >= 0.6 is 23.5 Å². The second kappa shape index (κ2) is 6.96. The molecule has 1 aliphatic heterocycles. The molecule has 2 rings (SSSR count). The summed E-state index contributed by atoms with van der Waals surface area (Å²) < 4.78 is 0. The third-order valence-electron chi connectivity index (χ3n) is 3.74. The van der Waals surface area contributed by atoms with Crippen LogP contribution in [0.2, 0.25) is 0 Å². The van der Waals surface area contributed by atoms with Gasteiger partial charge in [0.1, 0.15) is 11.6 Å². The Kier molecular flexibility index (Phi) is 5.52. The van der Waals surface area contributed by atoms with Gasteiger partial charge in [-0.25, -0.2) is 0 Å². The van der Waals surface area contributed by atoms with Crippen molar-refractivity contribution in [3.8, 4) is 0 Å². The maximum absolute atomic E-state index is 12.2. The number of carbonyl (C=O) groups excluding carboxylic acids is 2. The largest absolute Gasteiger partial charge is 0.396 e. The number of ketones is 2. The van der Waals surface area contributed by atoms with Gasteiger partial charge in [0.05, 0.1) is 11.7 Å². The van der Waals surface area contributed by atoms with E-state index in [9.17, 15) is 9.59 Å². The normalized spacial score (nSPS) is 25.8. The van der Waals surface area contributed by atoms with E-state index in [1.165, 1.54) is 22.2 Å². The maximum Gasteiger partial charge on any atom is 0.146 e. The minimum Gasteiger partial charge on any atom is -0.396 e. The van der Waals surface area contributed by atoms with Crippen LogP contribution in [0.25, 0.3) is 0 Å². The average Bonchev–Trinajstić information content (AvgIpc) is 2.69. The Morgan fingerprint density at radius 2 is 2.25 bits per heavy atom. The van der Waals surface area contributed by atoms with Crippen LogP contribution < -0.4 is 0 Å². The summed E-state index contributed by atoms with van der Waals surface area (Å²) in [5.41, 5.74) is 1.21. The third kappa shape index (κ3) is 3.57. The molecule has 0 spiro atoms. The average molecular weight is 312 g/mol. The number of thioether (sulfide) groups is 2. The molecule has 20 heavy (non-hydrogen) atoms. The number of fused-ring (bicyclic) bond motifs is 1. The van der Waals surface area contributed by atoms with Gasteiger partial charge in [0.25, 0.3) is 0 Å². The molecule has 2 unspecified atom stereocenters. The maximum atomic E-state index is 12.2. The van der Waals surface area contributed by atoms with E-state index in [1.54, 1.807) is 11.8 Å². The Bertz CT molecular complexity index is 480. The van der Waals surface area contributed by atoms with E-state index < -0.39 is 0 Å². The standard InChI is InChI=1S/C15H20O3S2/c1-9-10(2)20-14-7-12(6-13(18)15(9)14)19-8-11(17)4-3-5-16/h7,14-16H,3-6,8H2,1-2H3. The number of rotatable bonds is 6. The molecule has 0 radical (unpaired) electrons. The number of hydrogen-bond acceptors (Lipinski definition) is 5. The summed E-state index contributed by atoms with van der Waals surface area (Å²) in [5, 5.41) is 8.92. The number of allylic oxidation sites excluding steroid dienone is 3. The molecule has 0 saturated carbocycles. The molecule has 110 valence electrons. The van der Waals surface area contributed by atoms with Crippen LogP contribution in [0, 0.1) is 5.92 Å². The predicted octanol–water partition coefficient (Wildman–Crippen LogP) is 2.94. The Hall–Kier alpha value is -0.520. The summed E-state index contributed by atoms with van der Waals surface area (Å²) in [5.74, 6) is 0.884. The van der Waals surface area contributed by atoms with Crippen molar-refractivity contribution < 1.29 is 14.7 Å². The van der Waals surface area contributed by atoms with Crippen molar-refractivity contribution in [1.82, 2.24) is 0 Å². The van der Waals surface area contributed by atoms with Gasteiger partial charge in [-0.05, 0) is 30.1 Å². The molecule has 1 aliphatic carbocycles. The van der Waals surface area contributed by atoms with E-state index in [-0.39, 0.29) is 29.3 Å². The lowest BCUT2D eigenvalue weighted by Gasteiger charge is -2.23. The van der Waals surface area contributed by atoms with Crippen LogP contribution in [0.4, 0.5) is 0 Å². The molecule has 0 aromatic carbocycles. The summed E-state index contributed by atoms with van der Waals surface area (Å²) >= 11 is 3.25. The first-order valence-corrected chi connectivity index (χ1v) is 8.72. The van der Waals surface area contributed by atoms with Crippen molar-refractivity contribution in [2.24, 2.45) is 5.92 Å². The van der Waals surface area contributed by atoms with Gasteiger partial charge in [-0.3, -0.25) is 9.59 Å². The van der Waals surface area contributed by atoms with Gasteiger partial charge in [0.15, 0.2) is 0 Å². The molecule has 2 aliphatic rings. The number of hydrogen-bond donors (Lipinski definition) is 1. The highest BCUT2D eigenvalue weighted by atomic mass is 32.2. The van der Waals surface area contributed by atoms with Gasteiger partial charge in [-0.1, -0.05) is 11.6 Å². The van der Waals surface area contributed by atoms with Crippen molar-refractivity contribution in [2.75, 3.05) is 12.4 Å². The highest BCUT2D eigenvalue weighted by molar-refractivity contribution is 8.04. The van der Waals surface area contributed by atoms with E-state index in [1.807, 2.05) is 0 Å². The van der Waals surface area contributed by atoms with Gasteiger partial charge < -0.3 is 5.11 Å². The van der Waals surface area contributed by atoms with Crippen molar-refractivity contribution in [1.29, 1.82) is 0 Å². The van der Waals surface area contributed by atoms with Gasteiger partial charge in [0.2, 0.25) is 0 Å². The highest BCUT2D eigenvalue weighted by Gasteiger charge is 2.38. The third-order valence-corrected chi connectivity index (χ3v) is 6.21. The SMILES string of the molecule is CC1=C(C)C2C(=O)CC(SCC(=O)CCCO)=CC2S1. The van der Waals surface area contributed by atoms with E-state index >= 15 is 0 Å². The van der Waals surface area contributed by atoms with Crippen LogP contribution in [-0.2, 0) is 9.59 Å². The zero-order valence-corrected chi connectivity index (χ0v) is 13.5. The lowest BCUT2D eigenvalue weighted by molar-refractivity contribution is -0.121. The molecule has 1 N–H and O–H groups in total. The fourth-order valence-corrected chi connectivity index (χ4v) is 5.04. The van der Waals surface area contributed by atoms with Crippen LogP contribution in [0.1, 0.15) is 33.1 Å². The molecule has 0 fully saturated rings. The van der Waals surface area contributed by atoms with Crippen LogP contribution in [0.5, 0.6) is 0 Å². The number of aliphatic hydroxyl groups excluding tert-OH is 1. The minimum absolute atomic E-state index is 0.0504. The molecule has 0 aromatic heterocycles. The van der Waals surface area contributed by atoms with Gasteiger partial charge >= 0.3 is 0 Å². The first-order valence-electron chi connectivity index (χ1n) is 6.85. The highest BCUT2D eigenvalue weighted by Crippen LogP contribution is 2.47. The lowest BCUT2D eigenvalue weighted by Crippen LogP contribution is -2.27. The van der Waals surface area contributed by atoms with E-state index in [0.29, 0.717) is 25.0 Å². The number of aliphatic hydroxyl groups is 1. The molecular formula is C15H20O3S2. The van der Waals surface area contributed by atoms with E-state index in [2.05, 4.69) is 19.9 Å². The second-order valence-corrected chi connectivity index (χ2v) is 7.72. The minimum atomic E-state index is 0.0504. The molecule has 0 saturated heterocycles. The molecule has 1 heterocycles. The summed E-state index contributed by atoms with van der Waals surface area (Å²) in [6, 6.07) is 0. The van der Waals surface area contributed by atoms with Crippen molar-refractivity contribution >= 4 is 35.1 Å². The summed E-state index contributed by atoms with van der Waals surface area (Å²) in [4.78, 5) is 26.1. The predicted molar refractivity (Wildman–Crippen MR) is 84.7 cm³/mol. The van der Waals surface area contributed by atoms with Crippen LogP contribution in [-0.4, -0.2) is 34.3 Å². The number of Topliss-reactive ketones (excluding diaryl/α,β-unsaturated/α-hetero) is 2. The zero-order valence-electron chi connectivity index (χ0n) is 11.8. The summed E-state index contributed by atoms with van der Waals surface area (Å²) in [6.07, 6.45) is 3.58. The Labute approximate surface area is 128 Å². The molecule has 0 amide bonds. The smallest absolute Gasteiger partial charge is 0.146 e. The first-order chi connectivity index (χ1) is 9.52. The Morgan fingerprint density at radius 3 is 2.95 bits per heavy atom. The van der Waals surface area contributed by atoms with E-state index in [4.69, 9.17) is 5.11 Å². The van der Waals surface area contributed by atoms with Crippen molar-refractivity contribution in [3.63, 3.8) is 0 Å². The molecule has 3 nitrogen and oxygen atoms in total. The second-order valence-electron chi connectivity index (χ2n) is 5.23. The number of carbonyl (C=O) groups is 2. The summed E-state index contributed by atoms with van der Waals surface area (Å²) in [7, 11) is 0. The fraction of sp³-hybridized carbons (Fsp3) is 0.600. The molecule has 5 heteroatoms. The molecule has 2 atom stereocenters. The van der Waals surface area contributed by atoms with Gasteiger partial charge in [-0.2, -0.15) is 0 Å². The summed E-state index contributed by atoms with van der Waals surface area (Å²) in [6.45, 7) is 4.18. The van der Waals surface area contributed by atoms with Crippen LogP contribution in [0.3, 0.4) is 0 Å². The van der Waals surface area contributed by atoms with E-state index in [0.717, 1.165) is 4.91 Å². The quantitative estimate of drug-likeness (QED) is 0.817. The zero-order chi connectivity index (χ0) is 14.7. The van der Waals surface area contributed by atoms with Gasteiger partial charge in [-0.15, -0.1) is 23.5 Å². The van der Waals surface area contributed by atoms with Gasteiger partial charge in [0, 0.05) is 24.7 Å². The van der Waals surface area contributed by atoms with Crippen molar-refractivity contribution in [2.45, 2.75) is 38.4 Å². The van der Waals surface area contributed by atoms with Crippen LogP contribution in [0.15, 0.2) is 21.5 Å². The lowest BCUT2D eigenvalue weighted by atomic mass is 9.87. The Balaban J connectivity index is 1.92. The van der Waals surface area contributed by atoms with Crippen molar-refractivity contribution in [3.05, 3.63) is 21.5 Å². The topological polar surface area (TPSA) is 54.4 Å². The molecular weight excluding hydrogens is 292 g/mol. The monoisotopic (exact) mass is 312 g/mol. The first kappa shape index (κ1) is 15.9. The molecule has 0 aromatic rings. The molecule has 0 bridgehead atoms. The Morgan fingerprint density at radius 1 is 1.50 bits per heavy atom. The fourth-order valence-electron chi connectivity index (χ4n) is 2.53.